The quantitative estimate of drug-likeness (QED) is 0.594. The van der Waals surface area contributed by atoms with Crippen LogP contribution in [0.2, 0.25) is 0 Å². The van der Waals surface area contributed by atoms with Crippen LogP contribution in [0.25, 0.3) is 0 Å². The maximum Gasteiger partial charge on any atom is 0.263 e. The Labute approximate surface area is 164 Å². The molecular weight excluding hydrogens is 378 g/mol. The van der Waals surface area contributed by atoms with Crippen LogP contribution < -0.4 is 19.5 Å². The molecule has 0 aliphatic carbocycles. The topological polar surface area (TPSA) is 89.6 Å². The number of sulfonamides is 1. The number of methoxy groups -OCH3 is 1. The summed E-state index contributed by atoms with van der Waals surface area (Å²) in [6.07, 6.45) is 1.56. The lowest BCUT2D eigenvalue weighted by molar-refractivity contribution is 0.340. The van der Waals surface area contributed by atoms with E-state index >= 15 is 0 Å². The number of nitrogens with zero attached hydrogens (tertiary/aromatic N) is 1. The normalized spacial score (nSPS) is 10.9. The molecule has 2 N–H and O–H groups in total. The van der Waals surface area contributed by atoms with Crippen molar-refractivity contribution in [2.75, 3.05) is 23.8 Å². The van der Waals surface area contributed by atoms with Gasteiger partial charge in [0.2, 0.25) is 0 Å². The number of nitrogens with one attached hydrogen (secondary N) is 2. The Bertz CT molecular complexity index is 1000. The summed E-state index contributed by atoms with van der Waals surface area (Å²) in [5.74, 6) is 1.62. The van der Waals surface area contributed by atoms with E-state index in [2.05, 4.69) is 15.0 Å². The van der Waals surface area contributed by atoms with Crippen molar-refractivity contribution in [3.8, 4) is 11.5 Å². The standard InChI is InChI=1S/C20H21N3O4S/c1-3-27-18-7-4-15(5-8-18)22-16-6-13-20(21-14-16)23-28(24,25)19-11-9-17(26-2)10-12-19/h4-14,22H,3H2,1-2H3,(H,21,23). The molecule has 0 radical (unpaired) electrons. The molecule has 28 heavy (non-hydrogen) atoms. The smallest absolute Gasteiger partial charge is 0.263 e. The van der Waals surface area contributed by atoms with Crippen molar-refractivity contribution in [3.05, 3.63) is 66.9 Å². The van der Waals surface area contributed by atoms with Crippen LogP contribution >= 0.6 is 0 Å². The molecule has 0 bridgehead atoms. The van der Waals surface area contributed by atoms with E-state index < -0.39 is 10.0 Å². The van der Waals surface area contributed by atoms with Crippen LogP contribution in [0.15, 0.2) is 71.8 Å². The fraction of sp³-hybridized carbons (Fsp3) is 0.150. The predicted octanol–water partition coefficient (Wildman–Crippen LogP) is 4.03. The van der Waals surface area contributed by atoms with Crippen molar-refractivity contribution in [2.24, 2.45) is 0 Å². The highest BCUT2D eigenvalue weighted by atomic mass is 32.2. The first-order valence-electron chi connectivity index (χ1n) is 8.63. The zero-order valence-electron chi connectivity index (χ0n) is 15.5. The number of pyridine rings is 1. The molecule has 2 aromatic carbocycles. The van der Waals surface area contributed by atoms with Crippen LogP contribution in [-0.4, -0.2) is 27.1 Å². The van der Waals surface area contributed by atoms with Crippen molar-refractivity contribution in [1.29, 1.82) is 0 Å². The third-order valence-corrected chi connectivity index (χ3v) is 5.20. The van der Waals surface area contributed by atoms with Gasteiger partial charge in [0.1, 0.15) is 17.3 Å². The highest BCUT2D eigenvalue weighted by molar-refractivity contribution is 7.92. The van der Waals surface area contributed by atoms with Gasteiger partial charge in [0.05, 0.1) is 30.5 Å². The summed E-state index contributed by atoms with van der Waals surface area (Å²) in [6.45, 7) is 2.55. The van der Waals surface area contributed by atoms with E-state index in [0.717, 1.165) is 17.1 Å². The van der Waals surface area contributed by atoms with Gasteiger partial charge in [-0.05, 0) is 67.6 Å². The molecule has 1 heterocycles. The molecule has 0 aliphatic rings. The summed E-state index contributed by atoms with van der Waals surface area (Å²) >= 11 is 0. The molecule has 0 aliphatic heterocycles. The molecule has 0 saturated carbocycles. The Balaban J connectivity index is 1.66. The molecule has 3 rings (SSSR count). The summed E-state index contributed by atoms with van der Waals surface area (Å²) in [6, 6.07) is 17.0. The van der Waals surface area contributed by atoms with Gasteiger partial charge in [0, 0.05) is 5.69 Å². The molecule has 146 valence electrons. The maximum absolute atomic E-state index is 12.4. The summed E-state index contributed by atoms with van der Waals surface area (Å²) in [5, 5.41) is 3.20. The zero-order chi connectivity index (χ0) is 20.0. The minimum absolute atomic E-state index is 0.131. The van der Waals surface area contributed by atoms with E-state index in [4.69, 9.17) is 9.47 Å². The number of hydrogen-bond donors (Lipinski definition) is 2. The number of aromatic nitrogens is 1. The highest BCUT2D eigenvalue weighted by Gasteiger charge is 2.14. The van der Waals surface area contributed by atoms with Gasteiger partial charge in [-0.15, -0.1) is 0 Å². The second kappa shape index (κ2) is 8.62. The summed E-state index contributed by atoms with van der Waals surface area (Å²) in [4.78, 5) is 4.30. The number of rotatable bonds is 8. The minimum Gasteiger partial charge on any atom is -0.497 e. The lowest BCUT2D eigenvalue weighted by Gasteiger charge is -2.10. The Morgan fingerprint density at radius 2 is 1.54 bits per heavy atom. The summed E-state index contributed by atoms with van der Waals surface area (Å²) < 4.78 is 37.8. The van der Waals surface area contributed by atoms with E-state index in [9.17, 15) is 8.42 Å². The van der Waals surface area contributed by atoms with E-state index in [1.54, 1.807) is 30.5 Å². The maximum atomic E-state index is 12.4. The van der Waals surface area contributed by atoms with E-state index in [-0.39, 0.29) is 10.7 Å². The van der Waals surface area contributed by atoms with Crippen molar-refractivity contribution in [1.82, 2.24) is 4.98 Å². The molecule has 0 amide bonds. The van der Waals surface area contributed by atoms with Gasteiger partial charge in [0.15, 0.2) is 0 Å². The van der Waals surface area contributed by atoms with Crippen molar-refractivity contribution >= 4 is 27.2 Å². The molecule has 8 heteroatoms. The van der Waals surface area contributed by atoms with Crippen LogP contribution in [0, 0.1) is 0 Å². The highest BCUT2D eigenvalue weighted by Crippen LogP contribution is 2.22. The third kappa shape index (κ3) is 4.92. The van der Waals surface area contributed by atoms with Gasteiger partial charge in [-0.1, -0.05) is 0 Å². The van der Waals surface area contributed by atoms with Gasteiger partial charge >= 0.3 is 0 Å². The van der Waals surface area contributed by atoms with E-state index in [1.165, 1.54) is 19.2 Å². The average Bonchev–Trinajstić information content (AvgIpc) is 2.71. The van der Waals surface area contributed by atoms with Gasteiger partial charge in [0.25, 0.3) is 10.0 Å². The van der Waals surface area contributed by atoms with Crippen LogP contribution in [0.5, 0.6) is 11.5 Å². The Morgan fingerprint density at radius 3 is 2.11 bits per heavy atom. The number of hydrogen-bond acceptors (Lipinski definition) is 6. The van der Waals surface area contributed by atoms with Crippen LogP contribution in [0.1, 0.15) is 6.92 Å². The van der Waals surface area contributed by atoms with Crippen LogP contribution in [0.3, 0.4) is 0 Å². The average molecular weight is 399 g/mol. The Morgan fingerprint density at radius 1 is 0.893 bits per heavy atom. The zero-order valence-corrected chi connectivity index (χ0v) is 16.4. The van der Waals surface area contributed by atoms with Gasteiger partial charge in [-0.3, -0.25) is 4.72 Å². The first kappa shape index (κ1) is 19.5. The first-order valence-corrected chi connectivity index (χ1v) is 10.1. The second-order valence-electron chi connectivity index (χ2n) is 5.80. The van der Waals surface area contributed by atoms with Gasteiger partial charge in [-0.25, -0.2) is 13.4 Å². The molecule has 0 fully saturated rings. The molecule has 1 aromatic heterocycles. The lowest BCUT2D eigenvalue weighted by Crippen LogP contribution is -2.13. The fourth-order valence-electron chi connectivity index (χ4n) is 2.45. The number of benzene rings is 2. The van der Waals surface area contributed by atoms with Crippen molar-refractivity contribution in [3.63, 3.8) is 0 Å². The number of anilines is 3. The fourth-order valence-corrected chi connectivity index (χ4v) is 3.46. The second-order valence-corrected chi connectivity index (χ2v) is 7.48. The minimum atomic E-state index is -3.72. The third-order valence-electron chi connectivity index (χ3n) is 3.83. The summed E-state index contributed by atoms with van der Waals surface area (Å²) in [7, 11) is -2.20. The van der Waals surface area contributed by atoms with E-state index in [1.807, 2.05) is 31.2 Å². The SMILES string of the molecule is CCOc1ccc(Nc2ccc(NS(=O)(=O)c3ccc(OC)cc3)nc2)cc1. The molecule has 0 spiro atoms. The summed E-state index contributed by atoms with van der Waals surface area (Å²) in [5.41, 5.74) is 1.60. The molecular formula is C20H21N3O4S. The van der Waals surface area contributed by atoms with Gasteiger partial charge < -0.3 is 14.8 Å². The molecule has 3 aromatic rings. The molecule has 0 atom stereocenters. The van der Waals surface area contributed by atoms with Crippen LogP contribution in [0.4, 0.5) is 17.2 Å². The molecule has 0 saturated heterocycles. The van der Waals surface area contributed by atoms with E-state index in [0.29, 0.717) is 12.4 Å². The largest absolute Gasteiger partial charge is 0.497 e. The molecule has 7 nitrogen and oxygen atoms in total. The molecule has 0 unspecified atom stereocenters. The van der Waals surface area contributed by atoms with Gasteiger partial charge in [-0.2, -0.15) is 0 Å². The predicted molar refractivity (Wildman–Crippen MR) is 109 cm³/mol. The number of ether oxygens (including phenoxy) is 2. The lowest BCUT2D eigenvalue weighted by atomic mass is 10.3. The van der Waals surface area contributed by atoms with Crippen molar-refractivity contribution in [2.45, 2.75) is 11.8 Å². The Hall–Kier alpha value is -3.26. The van der Waals surface area contributed by atoms with Crippen molar-refractivity contribution < 1.29 is 17.9 Å². The first-order chi connectivity index (χ1) is 13.5. The van der Waals surface area contributed by atoms with Crippen LogP contribution in [-0.2, 0) is 10.0 Å². The Kier molecular flexibility index (Phi) is 6.00. The monoisotopic (exact) mass is 399 g/mol.